The number of ether oxygens (including phenoxy) is 1. The van der Waals surface area contributed by atoms with Gasteiger partial charge in [-0.1, -0.05) is 22.0 Å². The van der Waals surface area contributed by atoms with E-state index in [9.17, 15) is 0 Å². The van der Waals surface area contributed by atoms with E-state index in [-0.39, 0.29) is 0 Å². The van der Waals surface area contributed by atoms with E-state index in [1.807, 2.05) is 30.3 Å². The van der Waals surface area contributed by atoms with Crippen molar-refractivity contribution in [1.29, 1.82) is 5.26 Å². The second-order valence-electron chi connectivity index (χ2n) is 3.40. The molecule has 2 aromatic carbocycles. The monoisotopic (exact) mass is 429 g/mol. The summed E-state index contributed by atoms with van der Waals surface area (Å²) in [6.07, 6.45) is 0. The van der Waals surface area contributed by atoms with Gasteiger partial charge in [0.15, 0.2) is 0 Å². The molecule has 0 heterocycles. The molecule has 0 saturated carbocycles. The SMILES string of the molecule is N#Cc1c(Br)cccc1Oc1ccc(Br)cc1Br. The minimum atomic E-state index is 0.479. The van der Waals surface area contributed by atoms with Crippen molar-refractivity contribution >= 4 is 47.8 Å². The van der Waals surface area contributed by atoms with Crippen molar-refractivity contribution in [3.05, 3.63) is 55.4 Å². The molecule has 0 spiro atoms. The van der Waals surface area contributed by atoms with Gasteiger partial charge in [-0.2, -0.15) is 5.26 Å². The number of nitrogens with zero attached hydrogens (tertiary/aromatic N) is 1. The zero-order valence-corrected chi connectivity index (χ0v) is 13.7. The van der Waals surface area contributed by atoms with Crippen molar-refractivity contribution < 1.29 is 4.74 Å². The number of benzene rings is 2. The Morgan fingerprint density at radius 1 is 0.944 bits per heavy atom. The van der Waals surface area contributed by atoms with Gasteiger partial charge in [0, 0.05) is 8.95 Å². The molecule has 2 nitrogen and oxygen atoms in total. The first-order valence-corrected chi connectivity index (χ1v) is 7.31. The molecule has 0 N–H and O–H groups in total. The fourth-order valence-electron chi connectivity index (χ4n) is 1.37. The molecule has 0 aliphatic rings. The molecule has 0 bridgehead atoms. The van der Waals surface area contributed by atoms with E-state index in [0.29, 0.717) is 17.1 Å². The van der Waals surface area contributed by atoms with E-state index >= 15 is 0 Å². The van der Waals surface area contributed by atoms with Gasteiger partial charge in [0.25, 0.3) is 0 Å². The Labute approximate surface area is 130 Å². The number of hydrogen-bond acceptors (Lipinski definition) is 2. The lowest BCUT2D eigenvalue weighted by Gasteiger charge is -2.10. The number of halogens is 3. The molecule has 0 fully saturated rings. The van der Waals surface area contributed by atoms with Gasteiger partial charge < -0.3 is 4.74 Å². The van der Waals surface area contributed by atoms with E-state index in [0.717, 1.165) is 13.4 Å². The molecule has 0 aliphatic heterocycles. The lowest BCUT2D eigenvalue weighted by molar-refractivity contribution is 0.477. The smallest absolute Gasteiger partial charge is 0.146 e. The van der Waals surface area contributed by atoms with Crippen molar-refractivity contribution in [3.63, 3.8) is 0 Å². The minimum absolute atomic E-state index is 0.479. The quantitative estimate of drug-likeness (QED) is 0.616. The molecule has 0 aliphatic carbocycles. The molecule has 2 rings (SSSR count). The van der Waals surface area contributed by atoms with Crippen LogP contribution in [0.3, 0.4) is 0 Å². The first-order valence-electron chi connectivity index (χ1n) is 4.93. The predicted molar refractivity (Wildman–Crippen MR) is 80.8 cm³/mol. The highest BCUT2D eigenvalue weighted by Crippen LogP contribution is 2.35. The third kappa shape index (κ3) is 2.94. The van der Waals surface area contributed by atoms with E-state index in [1.165, 1.54) is 0 Å². The van der Waals surface area contributed by atoms with E-state index in [2.05, 4.69) is 53.9 Å². The first kappa shape index (κ1) is 13.6. The molecule has 0 unspecified atom stereocenters. The normalized spacial score (nSPS) is 9.89. The summed E-state index contributed by atoms with van der Waals surface area (Å²) >= 11 is 10.1. The summed E-state index contributed by atoms with van der Waals surface area (Å²) in [5, 5.41) is 9.11. The maximum Gasteiger partial charge on any atom is 0.146 e. The lowest BCUT2D eigenvalue weighted by Crippen LogP contribution is -1.90. The van der Waals surface area contributed by atoms with Gasteiger partial charge in [-0.15, -0.1) is 0 Å². The van der Waals surface area contributed by atoms with Crippen LogP contribution < -0.4 is 4.74 Å². The fourth-order valence-corrected chi connectivity index (χ4v) is 2.94. The molecule has 2 aromatic rings. The highest BCUT2D eigenvalue weighted by Gasteiger charge is 2.10. The fraction of sp³-hybridized carbons (Fsp3) is 0. The third-order valence-electron chi connectivity index (χ3n) is 2.20. The Balaban J connectivity index is 2.41. The molecular weight excluding hydrogens is 426 g/mol. The Morgan fingerprint density at radius 3 is 2.39 bits per heavy atom. The van der Waals surface area contributed by atoms with Crippen molar-refractivity contribution in [3.8, 4) is 17.6 Å². The average molecular weight is 432 g/mol. The second kappa shape index (κ2) is 5.87. The van der Waals surface area contributed by atoms with Gasteiger partial charge in [0.2, 0.25) is 0 Å². The number of rotatable bonds is 2. The van der Waals surface area contributed by atoms with Crippen LogP contribution in [0.4, 0.5) is 0 Å². The van der Waals surface area contributed by atoms with Gasteiger partial charge in [0.1, 0.15) is 23.1 Å². The van der Waals surface area contributed by atoms with Crippen LogP contribution in [0.5, 0.6) is 11.5 Å². The Morgan fingerprint density at radius 2 is 1.72 bits per heavy atom. The molecule has 0 saturated heterocycles. The standard InChI is InChI=1S/C13H6Br3NO/c14-8-4-5-13(11(16)6-8)18-12-3-1-2-10(15)9(12)7-17/h1-6H. The van der Waals surface area contributed by atoms with Crippen molar-refractivity contribution in [2.75, 3.05) is 0 Å². The van der Waals surface area contributed by atoms with Crippen molar-refractivity contribution in [2.24, 2.45) is 0 Å². The molecular formula is C13H6Br3NO. The van der Waals surface area contributed by atoms with Gasteiger partial charge in [-0.05, 0) is 62.2 Å². The van der Waals surface area contributed by atoms with Crippen LogP contribution in [0.2, 0.25) is 0 Å². The van der Waals surface area contributed by atoms with E-state index in [1.54, 1.807) is 6.07 Å². The maximum atomic E-state index is 9.11. The van der Waals surface area contributed by atoms with Crippen LogP contribution in [0, 0.1) is 11.3 Å². The average Bonchev–Trinajstić information content (AvgIpc) is 2.33. The van der Waals surface area contributed by atoms with Crippen molar-refractivity contribution in [1.82, 2.24) is 0 Å². The zero-order valence-electron chi connectivity index (χ0n) is 8.95. The molecule has 5 heteroatoms. The summed E-state index contributed by atoms with van der Waals surface area (Å²) in [7, 11) is 0. The summed E-state index contributed by atoms with van der Waals surface area (Å²) in [4.78, 5) is 0. The van der Waals surface area contributed by atoms with Crippen LogP contribution in [-0.2, 0) is 0 Å². The van der Waals surface area contributed by atoms with Gasteiger partial charge in [-0.3, -0.25) is 0 Å². The van der Waals surface area contributed by atoms with Crippen LogP contribution in [0.25, 0.3) is 0 Å². The molecule has 0 amide bonds. The van der Waals surface area contributed by atoms with Crippen molar-refractivity contribution in [2.45, 2.75) is 0 Å². The van der Waals surface area contributed by atoms with Crippen LogP contribution in [-0.4, -0.2) is 0 Å². The summed E-state index contributed by atoms with van der Waals surface area (Å²) in [5.41, 5.74) is 0.479. The minimum Gasteiger partial charge on any atom is -0.455 e. The van der Waals surface area contributed by atoms with Gasteiger partial charge >= 0.3 is 0 Å². The highest BCUT2D eigenvalue weighted by atomic mass is 79.9. The summed E-state index contributed by atoms with van der Waals surface area (Å²) < 4.78 is 8.24. The Hall–Kier alpha value is -0.830. The number of nitriles is 1. The van der Waals surface area contributed by atoms with E-state index < -0.39 is 0 Å². The second-order valence-corrected chi connectivity index (χ2v) is 6.03. The zero-order chi connectivity index (χ0) is 13.1. The van der Waals surface area contributed by atoms with E-state index in [4.69, 9.17) is 10.00 Å². The first-order chi connectivity index (χ1) is 8.61. The molecule has 0 atom stereocenters. The van der Waals surface area contributed by atoms with Crippen LogP contribution in [0.1, 0.15) is 5.56 Å². The van der Waals surface area contributed by atoms with Crippen LogP contribution in [0.15, 0.2) is 49.8 Å². The maximum absolute atomic E-state index is 9.11. The molecule has 0 radical (unpaired) electrons. The van der Waals surface area contributed by atoms with Crippen LogP contribution >= 0.6 is 47.8 Å². The molecule has 90 valence electrons. The van der Waals surface area contributed by atoms with Gasteiger partial charge in [0.05, 0.1) is 4.47 Å². The Bertz CT molecular complexity index is 635. The Kier molecular flexibility index (Phi) is 4.44. The highest BCUT2D eigenvalue weighted by molar-refractivity contribution is 9.11. The molecule has 0 aromatic heterocycles. The third-order valence-corrected chi connectivity index (χ3v) is 3.97. The number of hydrogen-bond donors (Lipinski definition) is 0. The summed E-state index contributed by atoms with van der Waals surface area (Å²) in [6.45, 7) is 0. The predicted octanol–water partition coefficient (Wildman–Crippen LogP) is 5.64. The summed E-state index contributed by atoms with van der Waals surface area (Å²) in [6, 6.07) is 13.1. The molecule has 18 heavy (non-hydrogen) atoms. The topological polar surface area (TPSA) is 33.0 Å². The largest absolute Gasteiger partial charge is 0.455 e. The lowest BCUT2D eigenvalue weighted by atomic mass is 10.2. The van der Waals surface area contributed by atoms with Gasteiger partial charge in [-0.25, -0.2) is 0 Å². The summed E-state index contributed by atoms with van der Waals surface area (Å²) in [5.74, 6) is 1.18.